The molecule has 0 spiro atoms. The fraction of sp³-hybridized carbons (Fsp3) is 0.364. The van der Waals surface area contributed by atoms with Crippen LogP contribution in [0.3, 0.4) is 0 Å². The van der Waals surface area contributed by atoms with Crippen molar-refractivity contribution < 1.29 is 18.4 Å². The van der Waals surface area contributed by atoms with Gasteiger partial charge in [-0.3, -0.25) is 9.63 Å². The van der Waals surface area contributed by atoms with E-state index in [0.717, 1.165) is 17.6 Å². The van der Waals surface area contributed by atoms with Crippen LogP contribution in [0, 0.1) is 18.6 Å². The van der Waals surface area contributed by atoms with Crippen molar-refractivity contribution >= 4 is 5.91 Å². The van der Waals surface area contributed by atoms with Crippen LogP contribution in [0.4, 0.5) is 8.78 Å². The summed E-state index contributed by atoms with van der Waals surface area (Å²) in [4.78, 5) is 16.8. The van der Waals surface area contributed by atoms with Gasteiger partial charge in [0, 0.05) is 6.07 Å². The van der Waals surface area contributed by atoms with Gasteiger partial charge in [-0.25, -0.2) is 13.8 Å². The third-order valence-corrected chi connectivity index (χ3v) is 2.46. The molecule has 0 saturated carbocycles. The molecule has 0 aliphatic carbocycles. The van der Waals surface area contributed by atoms with Gasteiger partial charge in [0.1, 0.15) is 11.6 Å². The first kappa shape index (κ1) is 11.0. The second kappa shape index (κ2) is 4.17. The summed E-state index contributed by atoms with van der Waals surface area (Å²) in [5.74, 6) is -2.07. The van der Waals surface area contributed by atoms with Crippen molar-refractivity contribution in [2.45, 2.75) is 13.3 Å². The number of halogens is 2. The molecule has 0 radical (unpaired) electrons. The Balaban J connectivity index is 2.32. The zero-order valence-electron chi connectivity index (χ0n) is 8.80. The summed E-state index contributed by atoms with van der Waals surface area (Å²) >= 11 is 0. The number of benzene rings is 1. The molecule has 1 aromatic rings. The molecule has 16 heavy (non-hydrogen) atoms. The van der Waals surface area contributed by atoms with E-state index in [0.29, 0.717) is 13.2 Å². The lowest BCUT2D eigenvalue weighted by Crippen LogP contribution is -2.27. The Bertz CT molecular complexity index is 428. The van der Waals surface area contributed by atoms with Crippen LogP contribution in [-0.2, 0) is 4.84 Å². The average Bonchev–Trinajstić information content (AvgIpc) is 2.75. The quantitative estimate of drug-likeness (QED) is 0.734. The third kappa shape index (κ3) is 1.90. The maximum Gasteiger partial charge on any atom is 0.280 e. The first-order chi connectivity index (χ1) is 7.59. The number of hydrogen-bond donors (Lipinski definition) is 0. The summed E-state index contributed by atoms with van der Waals surface area (Å²) in [7, 11) is 0. The molecule has 0 aromatic heterocycles. The van der Waals surface area contributed by atoms with E-state index in [4.69, 9.17) is 4.84 Å². The topological polar surface area (TPSA) is 29.5 Å². The molecule has 1 aliphatic heterocycles. The molecule has 0 N–H and O–H groups in total. The van der Waals surface area contributed by atoms with Crippen LogP contribution < -0.4 is 0 Å². The number of nitrogens with zero attached hydrogens (tertiary/aromatic N) is 1. The Morgan fingerprint density at radius 2 is 2.12 bits per heavy atom. The minimum atomic E-state index is -0.858. The van der Waals surface area contributed by atoms with Crippen LogP contribution in [0.5, 0.6) is 0 Å². The summed E-state index contributed by atoms with van der Waals surface area (Å²) in [6.45, 7) is 2.37. The van der Waals surface area contributed by atoms with E-state index in [1.807, 2.05) is 0 Å². The molecule has 0 unspecified atom stereocenters. The van der Waals surface area contributed by atoms with Gasteiger partial charge in [0.05, 0.1) is 18.7 Å². The van der Waals surface area contributed by atoms with Crippen molar-refractivity contribution in [3.05, 3.63) is 34.9 Å². The Kier molecular flexibility index (Phi) is 2.87. The molecular weight excluding hydrogens is 216 g/mol. The molecule has 5 heteroatoms. The molecule has 1 heterocycles. The SMILES string of the molecule is Cc1cc(C(=O)N2CCCO2)c(F)cc1F. The lowest BCUT2D eigenvalue weighted by atomic mass is 10.1. The average molecular weight is 227 g/mol. The van der Waals surface area contributed by atoms with E-state index in [-0.39, 0.29) is 11.1 Å². The molecule has 3 nitrogen and oxygen atoms in total. The van der Waals surface area contributed by atoms with E-state index >= 15 is 0 Å². The lowest BCUT2D eigenvalue weighted by Gasteiger charge is -2.14. The molecule has 1 saturated heterocycles. The summed E-state index contributed by atoms with van der Waals surface area (Å²) in [5, 5.41) is 1.11. The van der Waals surface area contributed by atoms with Crippen molar-refractivity contribution in [3.63, 3.8) is 0 Å². The maximum absolute atomic E-state index is 13.4. The number of aryl methyl sites for hydroxylation is 1. The monoisotopic (exact) mass is 227 g/mol. The highest BCUT2D eigenvalue weighted by Crippen LogP contribution is 2.18. The highest BCUT2D eigenvalue weighted by Gasteiger charge is 2.24. The van der Waals surface area contributed by atoms with Crippen molar-refractivity contribution in [3.8, 4) is 0 Å². The molecule has 0 atom stereocenters. The molecule has 2 rings (SSSR count). The standard InChI is InChI=1S/C11H11F2NO2/c1-7-5-8(10(13)6-9(7)12)11(15)14-3-2-4-16-14/h5-6H,2-4H2,1H3. The summed E-state index contributed by atoms with van der Waals surface area (Å²) in [6.07, 6.45) is 0.730. The van der Waals surface area contributed by atoms with Gasteiger partial charge < -0.3 is 0 Å². The highest BCUT2D eigenvalue weighted by atomic mass is 19.1. The second-order valence-corrected chi connectivity index (χ2v) is 3.68. The molecule has 1 amide bonds. The Labute approximate surface area is 91.6 Å². The fourth-order valence-electron chi connectivity index (χ4n) is 1.56. The van der Waals surface area contributed by atoms with Crippen LogP contribution in [0.15, 0.2) is 12.1 Å². The van der Waals surface area contributed by atoms with Crippen molar-refractivity contribution in [1.82, 2.24) is 5.06 Å². The number of hydroxylamine groups is 2. The fourth-order valence-corrected chi connectivity index (χ4v) is 1.56. The normalized spacial score (nSPS) is 15.6. The predicted octanol–water partition coefficient (Wildman–Crippen LogP) is 2.05. The zero-order valence-corrected chi connectivity index (χ0v) is 8.80. The Morgan fingerprint density at radius 1 is 1.38 bits per heavy atom. The number of hydrogen-bond acceptors (Lipinski definition) is 2. The van der Waals surface area contributed by atoms with Gasteiger partial charge in [0.25, 0.3) is 5.91 Å². The highest BCUT2D eigenvalue weighted by molar-refractivity contribution is 5.94. The van der Waals surface area contributed by atoms with E-state index in [9.17, 15) is 13.6 Å². The third-order valence-electron chi connectivity index (χ3n) is 2.46. The van der Waals surface area contributed by atoms with Crippen LogP contribution >= 0.6 is 0 Å². The van der Waals surface area contributed by atoms with Crippen molar-refractivity contribution in [2.75, 3.05) is 13.2 Å². The van der Waals surface area contributed by atoms with Gasteiger partial charge in [-0.1, -0.05) is 0 Å². The van der Waals surface area contributed by atoms with Gasteiger partial charge in [0.2, 0.25) is 0 Å². The van der Waals surface area contributed by atoms with E-state index < -0.39 is 17.5 Å². The minimum absolute atomic E-state index is 0.152. The first-order valence-electron chi connectivity index (χ1n) is 5.00. The van der Waals surface area contributed by atoms with E-state index in [1.165, 1.54) is 13.0 Å². The minimum Gasteiger partial charge on any atom is -0.271 e. The van der Waals surface area contributed by atoms with Crippen molar-refractivity contribution in [2.24, 2.45) is 0 Å². The van der Waals surface area contributed by atoms with Crippen LogP contribution in [-0.4, -0.2) is 24.1 Å². The summed E-state index contributed by atoms with van der Waals surface area (Å²) in [6, 6.07) is 1.92. The van der Waals surface area contributed by atoms with Gasteiger partial charge >= 0.3 is 0 Å². The van der Waals surface area contributed by atoms with Crippen LogP contribution in [0.2, 0.25) is 0 Å². The zero-order chi connectivity index (χ0) is 11.7. The van der Waals surface area contributed by atoms with Crippen LogP contribution in [0.25, 0.3) is 0 Å². The van der Waals surface area contributed by atoms with Gasteiger partial charge in [0.15, 0.2) is 0 Å². The smallest absolute Gasteiger partial charge is 0.271 e. The largest absolute Gasteiger partial charge is 0.280 e. The number of rotatable bonds is 1. The van der Waals surface area contributed by atoms with Gasteiger partial charge in [-0.15, -0.1) is 0 Å². The molecule has 86 valence electrons. The second-order valence-electron chi connectivity index (χ2n) is 3.68. The Hall–Kier alpha value is -1.49. The molecule has 1 fully saturated rings. The van der Waals surface area contributed by atoms with Crippen molar-refractivity contribution in [1.29, 1.82) is 0 Å². The molecule has 1 aliphatic rings. The number of carbonyl (C=O) groups excluding carboxylic acids is 1. The number of carbonyl (C=O) groups is 1. The van der Waals surface area contributed by atoms with Gasteiger partial charge in [-0.05, 0) is 25.0 Å². The molecule has 1 aromatic carbocycles. The summed E-state index contributed by atoms with van der Waals surface area (Å²) in [5.41, 5.74) is 0.0877. The predicted molar refractivity (Wildman–Crippen MR) is 52.7 cm³/mol. The number of amides is 1. The van der Waals surface area contributed by atoms with Crippen LogP contribution in [0.1, 0.15) is 22.3 Å². The summed E-state index contributed by atoms with van der Waals surface area (Å²) < 4.78 is 26.4. The Morgan fingerprint density at radius 3 is 2.75 bits per heavy atom. The van der Waals surface area contributed by atoms with E-state index in [1.54, 1.807) is 0 Å². The van der Waals surface area contributed by atoms with E-state index in [2.05, 4.69) is 0 Å². The molecule has 0 bridgehead atoms. The van der Waals surface area contributed by atoms with Gasteiger partial charge in [-0.2, -0.15) is 0 Å². The maximum atomic E-state index is 13.4. The molecular formula is C11H11F2NO2. The lowest BCUT2D eigenvalue weighted by molar-refractivity contribution is -0.0771. The first-order valence-corrected chi connectivity index (χ1v) is 5.00.